The monoisotopic (exact) mass is 398 g/mol. The van der Waals surface area contributed by atoms with Gasteiger partial charge in [-0.2, -0.15) is 0 Å². The maximum atomic E-state index is 12.7. The minimum absolute atomic E-state index is 0.0141. The van der Waals surface area contributed by atoms with Crippen molar-refractivity contribution in [3.8, 4) is 11.5 Å². The highest BCUT2D eigenvalue weighted by molar-refractivity contribution is 5.79. The van der Waals surface area contributed by atoms with Crippen LogP contribution in [0.3, 0.4) is 0 Å². The number of carbonyl (C=O) groups is 1. The molecule has 7 heteroatoms. The van der Waals surface area contributed by atoms with Crippen LogP contribution in [-0.4, -0.2) is 58.1 Å². The van der Waals surface area contributed by atoms with Crippen molar-refractivity contribution in [2.75, 3.05) is 18.0 Å². The average molecular weight is 398 g/mol. The van der Waals surface area contributed by atoms with Gasteiger partial charge in [-0.3, -0.25) is 0 Å². The summed E-state index contributed by atoms with van der Waals surface area (Å²) < 4.78 is 11.5. The van der Waals surface area contributed by atoms with Gasteiger partial charge in [0.25, 0.3) is 0 Å². The number of nitrogens with zero attached hydrogens (tertiary/aromatic N) is 2. The molecule has 0 radical (unpaired) electrons. The van der Waals surface area contributed by atoms with Crippen LogP contribution >= 0.6 is 0 Å². The number of ether oxygens (including phenoxy) is 2. The molecule has 2 aliphatic rings. The Labute approximate surface area is 170 Å². The van der Waals surface area contributed by atoms with Gasteiger partial charge >= 0.3 is 6.09 Å². The highest BCUT2D eigenvalue weighted by Crippen LogP contribution is 2.48. The Kier molecular flexibility index (Phi) is 4.88. The molecule has 2 aromatic rings. The molecule has 154 valence electrons. The van der Waals surface area contributed by atoms with E-state index in [1.54, 1.807) is 20.8 Å². The van der Waals surface area contributed by atoms with E-state index >= 15 is 0 Å². The van der Waals surface area contributed by atoms with E-state index in [0.29, 0.717) is 11.5 Å². The van der Waals surface area contributed by atoms with Crippen LogP contribution in [0.4, 0.5) is 16.2 Å². The van der Waals surface area contributed by atoms with Crippen molar-refractivity contribution in [2.24, 2.45) is 0 Å². The Balaban J connectivity index is 1.72. The molecular formula is C22H26N2O5. The summed E-state index contributed by atoms with van der Waals surface area (Å²) >= 11 is 0. The Hall–Kier alpha value is -2.77. The van der Waals surface area contributed by atoms with Gasteiger partial charge in [-0.1, -0.05) is 24.3 Å². The molecule has 2 aliphatic heterocycles. The molecule has 0 spiro atoms. The molecular weight excluding hydrogens is 372 g/mol. The van der Waals surface area contributed by atoms with Crippen LogP contribution in [0.1, 0.15) is 20.8 Å². The molecule has 0 aliphatic carbocycles. The van der Waals surface area contributed by atoms with E-state index in [-0.39, 0.29) is 13.1 Å². The van der Waals surface area contributed by atoms with Gasteiger partial charge in [-0.05, 0) is 45.0 Å². The minimum atomic E-state index is -1.09. The Morgan fingerprint density at radius 1 is 1.00 bits per heavy atom. The maximum absolute atomic E-state index is 12.7. The number of aliphatic hydroxyl groups is 2. The third kappa shape index (κ3) is 3.75. The van der Waals surface area contributed by atoms with Gasteiger partial charge in [-0.25, -0.2) is 4.79 Å². The lowest BCUT2D eigenvalue weighted by atomic mass is 9.96. The molecule has 1 fully saturated rings. The number of fused-ring (bicyclic) bond motifs is 2. The molecule has 0 bridgehead atoms. The van der Waals surface area contributed by atoms with Crippen LogP contribution in [0.15, 0.2) is 48.5 Å². The standard InChI is InChI=1S/C22H26N2O5/c1-22(2,3)29-21(27)23-12-16(20(26)17(25)13-23)24-14-8-4-6-10-18(14)28-19-11-7-5-9-15(19)24/h4-11,16-17,20,25-26H,12-13H2,1-3H3/t16?,17-,20+/m0/s1. The zero-order chi connectivity index (χ0) is 20.8. The molecule has 29 heavy (non-hydrogen) atoms. The number of likely N-dealkylation sites (tertiary alicyclic amines) is 1. The second-order valence-corrected chi connectivity index (χ2v) is 8.42. The van der Waals surface area contributed by atoms with Crippen molar-refractivity contribution < 1.29 is 24.5 Å². The Morgan fingerprint density at radius 3 is 2.10 bits per heavy atom. The van der Waals surface area contributed by atoms with Gasteiger partial charge in [0.2, 0.25) is 0 Å². The number of rotatable bonds is 1. The summed E-state index contributed by atoms with van der Waals surface area (Å²) in [6.07, 6.45) is -2.65. The first-order valence-electron chi connectivity index (χ1n) is 9.74. The van der Waals surface area contributed by atoms with Gasteiger partial charge in [0.15, 0.2) is 11.5 Å². The SMILES string of the molecule is CC(C)(C)OC(=O)N1CC(N2c3ccccc3Oc3ccccc32)[C@@H](O)[C@@H](O)C1. The zero-order valence-electron chi connectivity index (χ0n) is 16.8. The fourth-order valence-electron chi connectivity index (χ4n) is 3.80. The van der Waals surface area contributed by atoms with E-state index in [0.717, 1.165) is 11.4 Å². The van der Waals surface area contributed by atoms with Gasteiger partial charge < -0.3 is 29.5 Å². The van der Waals surface area contributed by atoms with Crippen LogP contribution < -0.4 is 9.64 Å². The number of hydrogen-bond donors (Lipinski definition) is 2. The zero-order valence-corrected chi connectivity index (χ0v) is 16.8. The molecule has 1 amide bonds. The van der Waals surface area contributed by atoms with Crippen LogP contribution in [0, 0.1) is 0 Å². The third-order valence-electron chi connectivity index (χ3n) is 5.06. The lowest BCUT2D eigenvalue weighted by Gasteiger charge is -2.46. The minimum Gasteiger partial charge on any atom is -0.453 e. The summed E-state index contributed by atoms with van der Waals surface area (Å²) in [6.45, 7) is 5.61. The number of hydrogen-bond acceptors (Lipinski definition) is 6. The lowest BCUT2D eigenvalue weighted by Crippen LogP contribution is -2.62. The largest absolute Gasteiger partial charge is 0.453 e. The predicted octanol–water partition coefficient (Wildman–Crippen LogP) is 3.27. The Bertz CT molecular complexity index is 865. The smallest absolute Gasteiger partial charge is 0.410 e. The van der Waals surface area contributed by atoms with Crippen molar-refractivity contribution in [1.29, 1.82) is 0 Å². The molecule has 2 aromatic carbocycles. The molecule has 2 N–H and O–H groups in total. The summed E-state index contributed by atoms with van der Waals surface area (Å²) in [4.78, 5) is 16.0. The molecule has 3 atom stereocenters. The summed E-state index contributed by atoms with van der Waals surface area (Å²) in [5.41, 5.74) is 0.896. The van der Waals surface area contributed by atoms with Gasteiger partial charge in [0, 0.05) is 6.54 Å². The summed E-state index contributed by atoms with van der Waals surface area (Å²) in [5.74, 6) is 1.31. The first kappa shape index (κ1) is 19.5. The van der Waals surface area contributed by atoms with Crippen LogP contribution in [0.5, 0.6) is 11.5 Å². The van der Waals surface area contributed by atoms with Crippen molar-refractivity contribution in [1.82, 2.24) is 4.90 Å². The fourth-order valence-corrected chi connectivity index (χ4v) is 3.80. The predicted molar refractivity (Wildman–Crippen MR) is 109 cm³/mol. The number of piperidine rings is 1. The second kappa shape index (κ2) is 7.24. The number of carbonyl (C=O) groups excluding carboxylic acids is 1. The number of anilines is 2. The highest BCUT2D eigenvalue weighted by atomic mass is 16.6. The molecule has 4 rings (SSSR count). The molecule has 0 saturated carbocycles. The summed E-state index contributed by atoms with van der Waals surface area (Å²) in [6, 6.07) is 14.5. The maximum Gasteiger partial charge on any atom is 0.410 e. The van der Waals surface area contributed by atoms with Crippen LogP contribution in [0.25, 0.3) is 0 Å². The molecule has 1 saturated heterocycles. The van der Waals surface area contributed by atoms with E-state index in [9.17, 15) is 15.0 Å². The lowest BCUT2D eigenvalue weighted by molar-refractivity contribution is -0.0563. The number of aliphatic hydroxyl groups excluding tert-OH is 2. The number of benzene rings is 2. The molecule has 1 unspecified atom stereocenters. The van der Waals surface area contributed by atoms with Gasteiger partial charge in [-0.15, -0.1) is 0 Å². The average Bonchev–Trinajstić information content (AvgIpc) is 2.67. The van der Waals surface area contributed by atoms with Crippen LogP contribution in [-0.2, 0) is 4.74 Å². The number of amides is 1. The first-order chi connectivity index (χ1) is 13.7. The quantitative estimate of drug-likeness (QED) is 0.767. The van der Waals surface area contributed by atoms with E-state index in [1.165, 1.54) is 4.90 Å². The Morgan fingerprint density at radius 2 is 1.55 bits per heavy atom. The third-order valence-corrected chi connectivity index (χ3v) is 5.06. The molecule has 7 nitrogen and oxygen atoms in total. The van der Waals surface area contributed by atoms with Gasteiger partial charge in [0.05, 0.1) is 30.1 Å². The van der Waals surface area contributed by atoms with E-state index in [2.05, 4.69) is 0 Å². The topological polar surface area (TPSA) is 82.5 Å². The summed E-state index contributed by atoms with van der Waals surface area (Å²) in [5, 5.41) is 21.4. The molecule has 2 heterocycles. The number of β-amino-alcohol motifs (C(OH)–C–C–N with tert-alkyl or cyclic N) is 1. The fraction of sp³-hybridized carbons (Fsp3) is 0.409. The van der Waals surface area contributed by atoms with E-state index in [1.807, 2.05) is 53.4 Å². The van der Waals surface area contributed by atoms with Crippen molar-refractivity contribution in [2.45, 2.75) is 44.6 Å². The first-order valence-corrected chi connectivity index (χ1v) is 9.74. The van der Waals surface area contributed by atoms with Crippen molar-refractivity contribution >= 4 is 17.5 Å². The number of para-hydroxylation sites is 4. The summed E-state index contributed by atoms with van der Waals surface area (Å²) in [7, 11) is 0. The van der Waals surface area contributed by atoms with Gasteiger partial charge in [0.1, 0.15) is 11.7 Å². The van der Waals surface area contributed by atoms with Crippen molar-refractivity contribution in [3.63, 3.8) is 0 Å². The van der Waals surface area contributed by atoms with E-state index in [4.69, 9.17) is 9.47 Å². The van der Waals surface area contributed by atoms with Crippen molar-refractivity contribution in [3.05, 3.63) is 48.5 Å². The van der Waals surface area contributed by atoms with Crippen LogP contribution in [0.2, 0.25) is 0 Å². The van der Waals surface area contributed by atoms with E-state index < -0.39 is 29.9 Å². The molecule has 0 aromatic heterocycles. The highest BCUT2D eigenvalue weighted by Gasteiger charge is 2.43. The normalized spacial score (nSPS) is 23.7. The second-order valence-electron chi connectivity index (χ2n) is 8.42.